The highest BCUT2D eigenvalue weighted by molar-refractivity contribution is 8.13. The third-order valence-corrected chi connectivity index (χ3v) is 10.2. The minimum absolute atomic E-state index is 0.00548. The van der Waals surface area contributed by atoms with Crippen molar-refractivity contribution in [3.8, 4) is 5.75 Å². The van der Waals surface area contributed by atoms with Crippen molar-refractivity contribution in [2.24, 2.45) is 0 Å². The maximum atomic E-state index is 11.7. The van der Waals surface area contributed by atoms with E-state index in [1.54, 1.807) is 13.0 Å². The second kappa shape index (κ2) is 5.76. The topological polar surface area (TPSA) is 43.4 Å². The molecule has 1 aromatic carbocycles. The van der Waals surface area contributed by atoms with Crippen LogP contribution in [-0.2, 0) is 9.05 Å². The summed E-state index contributed by atoms with van der Waals surface area (Å²) in [5.74, 6) is 0.574. The fourth-order valence-electron chi connectivity index (χ4n) is 1.76. The molecule has 0 radical (unpaired) electrons. The van der Waals surface area contributed by atoms with E-state index < -0.39 is 17.4 Å². The number of benzene rings is 1. The molecule has 0 saturated heterocycles. The highest BCUT2D eigenvalue weighted by Crippen LogP contribution is 2.42. The van der Waals surface area contributed by atoms with E-state index >= 15 is 0 Å². The molecular weight excluding hydrogens is 347 g/mol. The summed E-state index contributed by atoms with van der Waals surface area (Å²) in [6, 6.07) is 1.59. The van der Waals surface area contributed by atoms with Crippen LogP contribution in [0.1, 0.15) is 31.9 Å². The monoisotopic (exact) mass is 368 g/mol. The maximum absolute atomic E-state index is 11.7. The van der Waals surface area contributed by atoms with Gasteiger partial charge < -0.3 is 4.43 Å². The zero-order valence-corrected chi connectivity index (χ0v) is 16.8. The number of aryl methyl sites for hydroxylation is 1. The van der Waals surface area contributed by atoms with Crippen LogP contribution in [0, 0.1) is 13.8 Å². The van der Waals surface area contributed by atoms with Crippen LogP contribution in [0.25, 0.3) is 0 Å². The first-order chi connectivity index (χ1) is 9.18. The molecule has 0 N–H and O–H groups in total. The number of hydrogen-bond acceptors (Lipinski definition) is 3. The van der Waals surface area contributed by atoms with Gasteiger partial charge in [-0.15, -0.1) is 0 Å². The van der Waals surface area contributed by atoms with Crippen LogP contribution < -0.4 is 4.43 Å². The summed E-state index contributed by atoms with van der Waals surface area (Å²) >= 11 is 6.04. The standard InChI is InChI=1S/C14H22Cl2O3SSi/c1-9-8-11(15)13(20(16,17)18)10(2)12(9)19-21(6,7)14(3,4)5/h8H,1-7H3. The van der Waals surface area contributed by atoms with Gasteiger partial charge >= 0.3 is 0 Å². The fraction of sp³-hybridized carbons (Fsp3) is 0.571. The van der Waals surface area contributed by atoms with Crippen molar-refractivity contribution in [1.82, 2.24) is 0 Å². The summed E-state index contributed by atoms with van der Waals surface area (Å²) < 4.78 is 29.8. The molecule has 0 unspecified atom stereocenters. The highest BCUT2D eigenvalue weighted by atomic mass is 35.7. The van der Waals surface area contributed by atoms with Gasteiger partial charge in [0.15, 0.2) is 0 Å². The van der Waals surface area contributed by atoms with Gasteiger partial charge in [0.2, 0.25) is 0 Å². The zero-order valence-electron chi connectivity index (χ0n) is 13.5. The quantitative estimate of drug-likeness (QED) is 0.539. The maximum Gasteiger partial charge on any atom is 0.263 e. The molecule has 0 atom stereocenters. The van der Waals surface area contributed by atoms with Crippen LogP contribution in [0.4, 0.5) is 0 Å². The molecule has 0 bridgehead atoms. The van der Waals surface area contributed by atoms with E-state index in [4.69, 9.17) is 26.7 Å². The summed E-state index contributed by atoms with van der Waals surface area (Å²) in [5, 5.41) is 0.133. The van der Waals surface area contributed by atoms with Crippen molar-refractivity contribution < 1.29 is 12.8 Å². The Bertz CT molecular complexity index is 662. The summed E-state index contributed by atoms with van der Waals surface area (Å²) in [6.07, 6.45) is 0. The van der Waals surface area contributed by atoms with E-state index in [1.807, 2.05) is 6.92 Å². The molecule has 0 aliphatic heterocycles. The lowest BCUT2D eigenvalue weighted by atomic mass is 10.1. The average Bonchev–Trinajstić information content (AvgIpc) is 2.19. The largest absolute Gasteiger partial charge is 0.543 e. The van der Waals surface area contributed by atoms with Gasteiger partial charge in [-0.3, -0.25) is 0 Å². The van der Waals surface area contributed by atoms with E-state index in [2.05, 4.69) is 33.9 Å². The SMILES string of the molecule is Cc1cc(Cl)c(S(=O)(=O)Cl)c(C)c1O[Si](C)(C)C(C)(C)C. The van der Waals surface area contributed by atoms with E-state index in [0.717, 1.165) is 5.56 Å². The van der Waals surface area contributed by atoms with Crippen molar-refractivity contribution in [3.63, 3.8) is 0 Å². The van der Waals surface area contributed by atoms with Crippen molar-refractivity contribution >= 4 is 39.7 Å². The number of halogens is 2. The molecule has 1 rings (SSSR count). The summed E-state index contributed by atoms with van der Waals surface area (Å²) in [5.41, 5.74) is 1.28. The molecule has 0 spiro atoms. The Balaban J connectivity index is 3.53. The Labute approximate surface area is 138 Å². The van der Waals surface area contributed by atoms with Crippen molar-refractivity contribution in [2.75, 3.05) is 0 Å². The molecule has 0 heterocycles. The molecular formula is C14H22Cl2O3SSi. The summed E-state index contributed by atoms with van der Waals surface area (Å²) in [4.78, 5) is -0.0647. The van der Waals surface area contributed by atoms with Crippen LogP contribution in [0.3, 0.4) is 0 Å². The molecule has 7 heteroatoms. The van der Waals surface area contributed by atoms with Gasteiger partial charge in [-0.2, -0.15) is 0 Å². The molecule has 0 aliphatic carbocycles. The number of rotatable bonds is 3. The molecule has 3 nitrogen and oxygen atoms in total. The van der Waals surface area contributed by atoms with E-state index in [0.29, 0.717) is 11.3 Å². The second-order valence-electron chi connectivity index (χ2n) is 6.76. The van der Waals surface area contributed by atoms with Gasteiger partial charge in [-0.25, -0.2) is 8.42 Å². The van der Waals surface area contributed by atoms with Crippen molar-refractivity contribution in [1.29, 1.82) is 0 Å². The molecule has 0 aromatic heterocycles. The predicted octanol–water partition coefficient (Wildman–Crippen LogP) is 5.27. The Morgan fingerprint density at radius 3 is 2.05 bits per heavy atom. The van der Waals surface area contributed by atoms with E-state index in [9.17, 15) is 8.42 Å². The molecule has 1 aromatic rings. The van der Waals surface area contributed by atoms with Gasteiger partial charge in [0.25, 0.3) is 17.4 Å². The second-order valence-corrected chi connectivity index (χ2v) is 14.4. The molecule has 0 amide bonds. The van der Waals surface area contributed by atoms with Crippen LogP contribution in [-0.4, -0.2) is 16.7 Å². The molecule has 0 saturated carbocycles. The van der Waals surface area contributed by atoms with Gasteiger partial charge in [0.05, 0.1) is 5.02 Å². The van der Waals surface area contributed by atoms with E-state index in [-0.39, 0.29) is 15.0 Å². The van der Waals surface area contributed by atoms with Gasteiger partial charge in [-0.1, -0.05) is 32.4 Å². The minimum Gasteiger partial charge on any atom is -0.543 e. The third kappa shape index (κ3) is 3.95. The first kappa shape index (κ1) is 18.8. The number of hydrogen-bond donors (Lipinski definition) is 0. The van der Waals surface area contributed by atoms with Crippen LogP contribution in [0.15, 0.2) is 11.0 Å². The normalized spacial score (nSPS) is 13.4. The predicted molar refractivity (Wildman–Crippen MR) is 91.8 cm³/mol. The Morgan fingerprint density at radius 1 is 1.19 bits per heavy atom. The lowest BCUT2D eigenvalue weighted by Gasteiger charge is -2.37. The van der Waals surface area contributed by atoms with Gasteiger partial charge in [-0.05, 0) is 43.6 Å². The molecule has 0 aliphatic rings. The third-order valence-electron chi connectivity index (χ3n) is 4.01. The van der Waals surface area contributed by atoms with Gasteiger partial charge in [0.1, 0.15) is 10.6 Å². The van der Waals surface area contributed by atoms with Crippen LogP contribution in [0.5, 0.6) is 5.75 Å². The smallest absolute Gasteiger partial charge is 0.263 e. The lowest BCUT2D eigenvalue weighted by Crippen LogP contribution is -2.44. The summed E-state index contributed by atoms with van der Waals surface area (Å²) in [6.45, 7) is 14.1. The molecule has 0 fully saturated rings. The molecule has 120 valence electrons. The minimum atomic E-state index is -3.92. The average molecular weight is 369 g/mol. The summed E-state index contributed by atoms with van der Waals surface area (Å²) in [7, 11) is -0.510. The Kier molecular flexibility index (Phi) is 5.16. The first-order valence-corrected chi connectivity index (χ1v) is 12.2. The highest BCUT2D eigenvalue weighted by Gasteiger charge is 2.40. The van der Waals surface area contributed by atoms with E-state index in [1.165, 1.54) is 0 Å². The van der Waals surface area contributed by atoms with Crippen molar-refractivity contribution in [3.05, 3.63) is 22.2 Å². The molecule has 21 heavy (non-hydrogen) atoms. The fourth-order valence-corrected chi connectivity index (χ4v) is 4.97. The van der Waals surface area contributed by atoms with Crippen molar-refractivity contribution in [2.45, 2.75) is 57.6 Å². The first-order valence-electron chi connectivity index (χ1n) is 6.62. The zero-order chi connectivity index (χ0) is 16.8. The Hall–Kier alpha value is -0.233. The Morgan fingerprint density at radius 2 is 1.67 bits per heavy atom. The van der Waals surface area contributed by atoms with Gasteiger partial charge in [0, 0.05) is 16.2 Å². The lowest BCUT2D eigenvalue weighted by molar-refractivity contribution is 0.484. The van der Waals surface area contributed by atoms with Crippen LogP contribution >= 0.6 is 22.3 Å². The van der Waals surface area contributed by atoms with Crippen LogP contribution in [0.2, 0.25) is 23.2 Å².